The molecule has 7 heteroatoms. The van der Waals surface area contributed by atoms with Crippen molar-refractivity contribution in [3.8, 4) is 0 Å². The van der Waals surface area contributed by atoms with Crippen LogP contribution in [0.1, 0.15) is 233 Å². The lowest BCUT2D eigenvalue weighted by Gasteiger charge is -2.22. The van der Waals surface area contributed by atoms with Crippen LogP contribution in [0, 0.1) is 11.8 Å². The van der Waals surface area contributed by atoms with Crippen molar-refractivity contribution in [3.63, 3.8) is 0 Å². The number of imidazole rings is 1. The van der Waals surface area contributed by atoms with E-state index >= 15 is 0 Å². The summed E-state index contributed by atoms with van der Waals surface area (Å²) in [6, 6.07) is 0. The molecule has 0 aliphatic heterocycles. The average Bonchev–Trinajstić information content (AvgIpc) is 3.75. The number of unbranched alkanes of at least 4 members (excludes halogenated alkanes) is 20. The Labute approximate surface area is 359 Å². The lowest BCUT2D eigenvalue weighted by Crippen LogP contribution is -2.27. The third-order valence-corrected chi connectivity index (χ3v) is 12.0. The first-order valence-corrected chi connectivity index (χ1v) is 25.1. The molecule has 1 rings (SSSR count). The van der Waals surface area contributed by atoms with Gasteiger partial charge in [-0.1, -0.05) is 149 Å². The highest BCUT2D eigenvalue weighted by molar-refractivity contribution is 5.69. The molecule has 2 unspecified atom stereocenters. The molecule has 1 heterocycles. The minimum absolute atomic E-state index is 0.00627. The second-order valence-corrected chi connectivity index (χ2v) is 17.6. The van der Waals surface area contributed by atoms with Crippen molar-refractivity contribution in [2.75, 3.05) is 32.8 Å². The lowest BCUT2D eigenvalue weighted by molar-refractivity contribution is -0.146. The van der Waals surface area contributed by atoms with Crippen LogP contribution >= 0.6 is 0 Å². The quantitative estimate of drug-likeness (QED) is 0.0371. The van der Waals surface area contributed by atoms with Gasteiger partial charge in [-0.2, -0.15) is 0 Å². The summed E-state index contributed by atoms with van der Waals surface area (Å²) >= 11 is 0. The van der Waals surface area contributed by atoms with Crippen molar-refractivity contribution in [3.05, 3.63) is 31.4 Å². The largest absolute Gasteiger partial charge is 0.465 e. The molecular weight excluding hydrogens is 719 g/mol. The Kier molecular flexibility index (Phi) is 38.6. The zero-order valence-electron chi connectivity index (χ0n) is 38.7. The summed E-state index contributed by atoms with van der Waals surface area (Å²) in [6.45, 7) is 16.1. The summed E-state index contributed by atoms with van der Waals surface area (Å²) in [4.78, 5) is 32.3. The molecule has 0 aliphatic rings. The lowest BCUT2D eigenvalue weighted by atomic mass is 9.95. The second kappa shape index (κ2) is 41.6. The van der Waals surface area contributed by atoms with E-state index < -0.39 is 0 Å². The minimum atomic E-state index is -0.0192. The number of carbonyl (C=O) groups is 2. The van der Waals surface area contributed by atoms with E-state index in [0.29, 0.717) is 37.9 Å². The van der Waals surface area contributed by atoms with E-state index in [1.165, 1.54) is 135 Å². The van der Waals surface area contributed by atoms with E-state index in [4.69, 9.17) is 9.47 Å². The van der Waals surface area contributed by atoms with Gasteiger partial charge in [0.25, 0.3) is 0 Å². The SMILES string of the molecule is C=CCCCCC(CCCCCCCC)COC(=O)CCCCCN(CCCCCC(=O)OCC(CCCCCC)CCCCCCCC)CCCCn1ccnc1. The Morgan fingerprint density at radius 3 is 1.43 bits per heavy atom. The summed E-state index contributed by atoms with van der Waals surface area (Å²) in [5.41, 5.74) is 0. The number of carbonyl (C=O) groups excluding carboxylic acids is 2. The number of nitrogens with zero attached hydrogens (tertiary/aromatic N) is 3. The molecule has 0 aliphatic carbocycles. The summed E-state index contributed by atoms with van der Waals surface area (Å²) in [6.07, 6.45) is 46.3. The van der Waals surface area contributed by atoms with Crippen molar-refractivity contribution in [1.82, 2.24) is 14.5 Å². The first-order valence-electron chi connectivity index (χ1n) is 25.1. The van der Waals surface area contributed by atoms with Crippen LogP contribution in [0.5, 0.6) is 0 Å². The van der Waals surface area contributed by atoms with E-state index in [-0.39, 0.29) is 11.9 Å². The standard InChI is InChI=1S/C51H95N3O4/c1-5-9-13-17-19-25-35-48(33-23-15-11-7-3)45-57-50(55)37-27-21-29-40-53(42-31-32-43-54-44-39-52-47-54)41-30-22-28-38-51(56)58-46-49(34-24-16-12-8-4)36-26-20-18-14-10-6-2/h7,39,44,47-49H,3,5-6,8-38,40-43,45-46H2,1-2,4H3. The average molecular weight is 814 g/mol. The molecule has 1 aromatic rings. The smallest absolute Gasteiger partial charge is 0.305 e. The predicted octanol–water partition coefficient (Wildman–Crippen LogP) is 14.6. The molecule has 0 saturated heterocycles. The molecule has 1 aromatic heterocycles. The number of hydrogen-bond donors (Lipinski definition) is 0. The van der Waals surface area contributed by atoms with E-state index in [1.807, 2.05) is 24.8 Å². The van der Waals surface area contributed by atoms with Gasteiger partial charge in [-0.25, -0.2) is 4.98 Å². The molecule has 0 aromatic carbocycles. The Morgan fingerprint density at radius 1 is 0.569 bits per heavy atom. The molecule has 338 valence electrons. The molecule has 58 heavy (non-hydrogen) atoms. The van der Waals surface area contributed by atoms with Crippen molar-refractivity contribution in [2.24, 2.45) is 11.8 Å². The molecule has 0 spiro atoms. The predicted molar refractivity (Wildman–Crippen MR) is 247 cm³/mol. The molecule has 7 nitrogen and oxygen atoms in total. The fourth-order valence-electron chi connectivity index (χ4n) is 8.14. The van der Waals surface area contributed by atoms with E-state index in [0.717, 1.165) is 90.4 Å². The van der Waals surface area contributed by atoms with Crippen molar-refractivity contribution < 1.29 is 19.1 Å². The van der Waals surface area contributed by atoms with E-state index in [2.05, 4.69) is 41.8 Å². The molecule has 0 fully saturated rings. The fraction of sp³-hybridized carbons (Fsp3) is 0.863. The van der Waals surface area contributed by atoms with Crippen LogP contribution in [-0.2, 0) is 25.6 Å². The molecule has 0 amide bonds. The van der Waals surface area contributed by atoms with Gasteiger partial charge in [0.1, 0.15) is 0 Å². The van der Waals surface area contributed by atoms with Crippen molar-refractivity contribution in [2.45, 2.75) is 239 Å². The monoisotopic (exact) mass is 814 g/mol. The molecule has 0 bridgehead atoms. The third-order valence-electron chi connectivity index (χ3n) is 12.0. The number of allylic oxidation sites excluding steroid dienone is 1. The maximum absolute atomic E-state index is 12.7. The Balaban J connectivity index is 2.41. The number of aryl methyl sites for hydroxylation is 1. The maximum atomic E-state index is 12.7. The molecule has 2 atom stereocenters. The fourth-order valence-corrected chi connectivity index (χ4v) is 8.14. The summed E-state index contributed by atoms with van der Waals surface area (Å²) < 4.78 is 13.9. The van der Waals surface area contributed by atoms with Gasteiger partial charge >= 0.3 is 11.9 Å². The number of hydrogen-bond acceptors (Lipinski definition) is 6. The van der Waals surface area contributed by atoms with Crippen LogP contribution < -0.4 is 0 Å². The summed E-state index contributed by atoms with van der Waals surface area (Å²) in [5.74, 6) is 0.988. The van der Waals surface area contributed by atoms with Gasteiger partial charge < -0.3 is 18.9 Å². The topological polar surface area (TPSA) is 73.7 Å². The third kappa shape index (κ3) is 34.7. The van der Waals surface area contributed by atoms with Crippen LogP contribution in [0.15, 0.2) is 31.4 Å². The van der Waals surface area contributed by atoms with Gasteiger partial charge in [-0.15, -0.1) is 6.58 Å². The summed E-state index contributed by atoms with van der Waals surface area (Å²) in [5, 5.41) is 0. The molecule has 0 N–H and O–H groups in total. The number of rotatable bonds is 45. The van der Waals surface area contributed by atoms with E-state index in [9.17, 15) is 9.59 Å². The van der Waals surface area contributed by atoms with Crippen LogP contribution in [0.25, 0.3) is 0 Å². The van der Waals surface area contributed by atoms with Gasteiger partial charge in [0.05, 0.1) is 19.5 Å². The Morgan fingerprint density at radius 2 is 0.983 bits per heavy atom. The number of esters is 2. The van der Waals surface area contributed by atoms with Crippen LogP contribution in [0.4, 0.5) is 0 Å². The van der Waals surface area contributed by atoms with Crippen molar-refractivity contribution >= 4 is 11.9 Å². The normalized spacial score (nSPS) is 12.6. The van der Waals surface area contributed by atoms with Gasteiger partial charge in [0, 0.05) is 31.8 Å². The van der Waals surface area contributed by atoms with E-state index in [1.54, 1.807) is 0 Å². The maximum Gasteiger partial charge on any atom is 0.305 e. The summed E-state index contributed by atoms with van der Waals surface area (Å²) in [7, 11) is 0. The molecule has 0 saturated carbocycles. The Hall–Kier alpha value is -2.15. The number of aromatic nitrogens is 2. The zero-order chi connectivity index (χ0) is 42.0. The molecule has 0 radical (unpaired) electrons. The first kappa shape index (κ1) is 53.9. The first-order chi connectivity index (χ1) is 28.5. The highest BCUT2D eigenvalue weighted by Crippen LogP contribution is 2.21. The van der Waals surface area contributed by atoms with Crippen molar-refractivity contribution in [1.29, 1.82) is 0 Å². The van der Waals surface area contributed by atoms with Gasteiger partial charge in [0.15, 0.2) is 0 Å². The van der Waals surface area contributed by atoms with Crippen LogP contribution in [0.2, 0.25) is 0 Å². The van der Waals surface area contributed by atoms with Gasteiger partial charge in [0.2, 0.25) is 0 Å². The van der Waals surface area contributed by atoms with Crippen LogP contribution in [-0.4, -0.2) is 59.2 Å². The Bertz CT molecular complexity index is 1030. The highest BCUT2D eigenvalue weighted by atomic mass is 16.5. The minimum Gasteiger partial charge on any atom is -0.465 e. The highest BCUT2D eigenvalue weighted by Gasteiger charge is 2.14. The number of ether oxygens (including phenoxy) is 2. The van der Waals surface area contributed by atoms with Crippen LogP contribution in [0.3, 0.4) is 0 Å². The zero-order valence-corrected chi connectivity index (χ0v) is 38.7. The second-order valence-electron chi connectivity index (χ2n) is 17.6. The van der Waals surface area contributed by atoms with Gasteiger partial charge in [-0.3, -0.25) is 9.59 Å². The molecular formula is C51H95N3O4. The van der Waals surface area contributed by atoms with Gasteiger partial charge in [-0.05, 0) is 109 Å².